The molecule has 4 rings (SSSR count). The van der Waals surface area contributed by atoms with Gasteiger partial charge in [0.15, 0.2) is 0 Å². The van der Waals surface area contributed by atoms with Gasteiger partial charge in [-0.05, 0) is 43.0 Å². The highest BCUT2D eigenvalue weighted by atomic mass is 16.5. The summed E-state index contributed by atoms with van der Waals surface area (Å²) in [6, 6.07) is 16.2. The van der Waals surface area contributed by atoms with Crippen LogP contribution in [-0.2, 0) is 9.53 Å². The summed E-state index contributed by atoms with van der Waals surface area (Å²) in [6.07, 6.45) is 0. The van der Waals surface area contributed by atoms with Crippen LogP contribution in [0, 0.1) is 0 Å². The number of benzene rings is 2. The molecule has 0 spiro atoms. The number of fused-ring (bicyclic) bond motifs is 3. The third-order valence-corrected chi connectivity index (χ3v) is 5.24. The maximum Gasteiger partial charge on any atom is 0.338 e. The average Bonchev–Trinajstić information content (AvgIpc) is 3.05. The van der Waals surface area contributed by atoms with E-state index in [-0.39, 0.29) is 12.0 Å². The van der Waals surface area contributed by atoms with Crippen LogP contribution in [-0.4, -0.2) is 22.1 Å². The van der Waals surface area contributed by atoms with Gasteiger partial charge in [0.1, 0.15) is 0 Å². The Balaban J connectivity index is 1.93. The van der Waals surface area contributed by atoms with E-state index in [2.05, 4.69) is 48.0 Å². The Labute approximate surface area is 165 Å². The number of rotatable bonds is 4. The first kappa shape index (κ1) is 18.3. The molecule has 0 unspecified atom stereocenters. The lowest BCUT2D eigenvalue weighted by atomic mass is 9.93. The van der Waals surface area contributed by atoms with Crippen molar-refractivity contribution in [2.24, 2.45) is 0 Å². The van der Waals surface area contributed by atoms with E-state index in [4.69, 9.17) is 9.72 Å². The number of aromatic nitrogens is 2. The first-order chi connectivity index (χ1) is 13.5. The van der Waals surface area contributed by atoms with Crippen molar-refractivity contribution in [3.8, 4) is 0 Å². The van der Waals surface area contributed by atoms with Crippen LogP contribution in [0.5, 0.6) is 0 Å². The molecule has 0 saturated carbocycles. The molecular formula is C23H25N3O2. The fourth-order valence-electron chi connectivity index (χ4n) is 3.82. The van der Waals surface area contributed by atoms with Crippen molar-refractivity contribution in [1.82, 2.24) is 9.55 Å². The summed E-state index contributed by atoms with van der Waals surface area (Å²) < 4.78 is 7.49. The third kappa shape index (κ3) is 2.97. The molecule has 2 aromatic carbocycles. The van der Waals surface area contributed by atoms with Gasteiger partial charge in [0.25, 0.3) is 0 Å². The highest BCUT2D eigenvalue weighted by Gasteiger charge is 2.34. The summed E-state index contributed by atoms with van der Waals surface area (Å²) in [7, 11) is 0. The van der Waals surface area contributed by atoms with Crippen molar-refractivity contribution in [2.45, 2.75) is 39.7 Å². The number of esters is 1. The van der Waals surface area contributed by atoms with Gasteiger partial charge < -0.3 is 10.1 Å². The van der Waals surface area contributed by atoms with Crippen molar-refractivity contribution in [3.05, 3.63) is 70.9 Å². The summed E-state index contributed by atoms with van der Waals surface area (Å²) in [6.45, 7) is 8.43. The van der Waals surface area contributed by atoms with Crippen LogP contribution in [0.3, 0.4) is 0 Å². The minimum absolute atomic E-state index is 0.288. The van der Waals surface area contributed by atoms with Gasteiger partial charge in [-0.2, -0.15) is 0 Å². The number of carbonyl (C=O) groups excluding carboxylic acids is 1. The van der Waals surface area contributed by atoms with Crippen molar-refractivity contribution < 1.29 is 9.53 Å². The predicted octanol–water partition coefficient (Wildman–Crippen LogP) is 5.01. The van der Waals surface area contributed by atoms with Crippen LogP contribution in [0.4, 0.5) is 5.95 Å². The fraction of sp³-hybridized carbons (Fsp3) is 0.304. The zero-order valence-electron chi connectivity index (χ0n) is 16.7. The monoisotopic (exact) mass is 375 g/mol. The molecule has 28 heavy (non-hydrogen) atoms. The van der Waals surface area contributed by atoms with Gasteiger partial charge in [-0.25, -0.2) is 9.78 Å². The van der Waals surface area contributed by atoms with Crippen molar-refractivity contribution in [3.63, 3.8) is 0 Å². The number of carbonyl (C=O) groups is 1. The minimum atomic E-state index is -0.297. The molecule has 3 aromatic rings. The second kappa shape index (κ2) is 7.15. The van der Waals surface area contributed by atoms with E-state index in [0.717, 1.165) is 28.2 Å². The smallest absolute Gasteiger partial charge is 0.338 e. The largest absolute Gasteiger partial charge is 0.463 e. The number of ether oxygens (including phenoxy) is 1. The molecule has 5 heteroatoms. The van der Waals surface area contributed by atoms with E-state index < -0.39 is 0 Å². The Morgan fingerprint density at radius 1 is 1.18 bits per heavy atom. The molecule has 1 atom stereocenters. The number of anilines is 1. The van der Waals surface area contributed by atoms with Crippen LogP contribution in [0.1, 0.15) is 50.8 Å². The zero-order chi connectivity index (χ0) is 19.8. The summed E-state index contributed by atoms with van der Waals surface area (Å²) in [4.78, 5) is 17.6. The summed E-state index contributed by atoms with van der Waals surface area (Å²) >= 11 is 0. The Morgan fingerprint density at radius 2 is 1.89 bits per heavy atom. The number of nitrogens with zero attached hydrogens (tertiary/aromatic N) is 2. The van der Waals surface area contributed by atoms with Gasteiger partial charge in [-0.3, -0.25) is 4.57 Å². The van der Waals surface area contributed by atoms with E-state index in [0.29, 0.717) is 18.1 Å². The second-order valence-corrected chi connectivity index (χ2v) is 7.40. The van der Waals surface area contributed by atoms with Gasteiger partial charge in [0.05, 0.1) is 29.3 Å². The highest BCUT2D eigenvalue weighted by Crippen LogP contribution is 2.39. The Hall–Kier alpha value is -3.08. The van der Waals surface area contributed by atoms with Gasteiger partial charge in [-0.15, -0.1) is 0 Å². The molecule has 0 amide bonds. The Morgan fingerprint density at radius 3 is 2.57 bits per heavy atom. The van der Waals surface area contributed by atoms with Gasteiger partial charge in [-0.1, -0.05) is 50.2 Å². The lowest BCUT2D eigenvalue weighted by Gasteiger charge is -2.30. The summed E-state index contributed by atoms with van der Waals surface area (Å²) in [5.74, 6) is 0.895. The second-order valence-electron chi connectivity index (χ2n) is 7.40. The molecule has 0 bridgehead atoms. The van der Waals surface area contributed by atoms with E-state index in [1.54, 1.807) is 0 Å². The van der Waals surface area contributed by atoms with E-state index in [9.17, 15) is 4.79 Å². The average molecular weight is 375 g/mol. The van der Waals surface area contributed by atoms with E-state index >= 15 is 0 Å². The SMILES string of the molecule is CCOC(=O)C1=C(C)Nc2nc3ccccc3n2[C@H]1c1ccc(C(C)C)cc1. The number of imidazole rings is 1. The normalized spacial score (nSPS) is 16.2. The standard InChI is InChI=1S/C23H25N3O2/c1-5-28-22(27)20-15(4)24-23-25-18-8-6-7-9-19(18)26(23)21(20)17-12-10-16(11-13-17)14(2)3/h6-14,21H,5H2,1-4H3,(H,24,25)/t21-/m0/s1. The molecule has 1 aliphatic rings. The maximum atomic E-state index is 12.9. The predicted molar refractivity (Wildman–Crippen MR) is 111 cm³/mol. The molecule has 0 radical (unpaired) electrons. The maximum absolute atomic E-state index is 12.9. The Kier molecular flexibility index (Phi) is 4.67. The molecule has 1 aliphatic heterocycles. The minimum Gasteiger partial charge on any atom is -0.463 e. The molecule has 0 saturated heterocycles. The molecule has 5 nitrogen and oxygen atoms in total. The molecule has 1 aromatic heterocycles. The number of hydrogen-bond acceptors (Lipinski definition) is 4. The van der Waals surface area contributed by atoms with Crippen molar-refractivity contribution in [1.29, 1.82) is 0 Å². The highest BCUT2D eigenvalue weighted by molar-refractivity contribution is 5.94. The molecule has 2 heterocycles. The van der Waals surface area contributed by atoms with Gasteiger partial charge >= 0.3 is 5.97 Å². The first-order valence-electron chi connectivity index (χ1n) is 9.73. The zero-order valence-corrected chi connectivity index (χ0v) is 16.7. The number of hydrogen-bond donors (Lipinski definition) is 1. The molecule has 144 valence electrons. The summed E-state index contributed by atoms with van der Waals surface area (Å²) in [5, 5.41) is 3.30. The lowest BCUT2D eigenvalue weighted by molar-refractivity contribution is -0.139. The fourth-order valence-corrected chi connectivity index (χ4v) is 3.82. The molecule has 0 aliphatic carbocycles. The third-order valence-electron chi connectivity index (χ3n) is 5.24. The quantitative estimate of drug-likeness (QED) is 0.651. The molecular weight excluding hydrogens is 350 g/mol. The van der Waals surface area contributed by atoms with Gasteiger partial charge in [0.2, 0.25) is 5.95 Å². The van der Waals surface area contributed by atoms with Crippen LogP contribution >= 0.6 is 0 Å². The Bertz CT molecular complexity index is 1060. The first-order valence-corrected chi connectivity index (χ1v) is 9.73. The van der Waals surface area contributed by atoms with E-state index in [1.807, 2.05) is 38.1 Å². The number of para-hydroxylation sites is 2. The van der Waals surface area contributed by atoms with Crippen molar-refractivity contribution >= 4 is 23.0 Å². The van der Waals surface area contributed by atoms with Crippen LogP contribution in [0.2, 0.25) is 0 Å². The lowest BCUT2D eigenvalue weighted by Crippen LogP contribution is -2.29. The van der Waals surface area contributed by atoms with Crippen LogP contribution in [0.25, 0.3) is 11.0 Å². The van der Waals surface area contributed by atoms with E-state index in [1.165, 1.54) is 5.56 Å². The van der Waals surface area contributed by atoms with Crippen molar-refractivity contribution in [2.75, 3.05) is 11.9 Å². The molecule has 0 fully saturated rings. The topological polar surface area (TPSA) is 56.1 Å². The summed E-state index contributed by atoms with van der Waals surface area (Å²) in [5.41, 5.74) is 5.59. The van der Waals surface area contributed by atoms with Crippen LogP contribution in [0.15, 0.2) is 59.8 Å². The van der Waals surface area contributed by atoms with Crippen LogP contribution < -0.4 is 5.32 Å². The van der Waals surface area contributed by atoms with Gasteiger partial charge in [0, 0.05) is 5.70 Å². The molecule has 1 N–H and O–H groups in total. The number of nitrogens with one attached hydrogen (secondary N) is 1. The number of allylic oxidation sites excluding steroid dienone is 1.